The van der Waals surface area contributed by atoms with E-state index in [2.05, 4.69) is 4.98 Å². The fourth-order valence-electron chi connectivity index (χ4n) is 1.51. The van der Waals surface area contributed by atoms with Crippen molar-refractivity contribution >= 4 is 10.8 Å². The maximum Gasteiger partial charge on any atom is 0.258 e. The molecule has 2 heterocycles. The van der Waals surface area contributed by atoms with Gasteiger partial charge in [0.1, 0.15) is 0 Å². The van der Waals surface area contributed by atoms with E-state index in [-0.39, 0.29) is 11.6 Å². The van der Waals surface area contributed by atoms with Gasteiger partial charge in [0.25, 0.3) is 5.56 Å². The number of pyridine rings is 2. The van der Waals surface area contributed by atoms with Crippen LogP contribution in [0.5, 0.6) is 0 Å². The lowest BCUT2D eigenvalue weighted by atomic mass is 10.2. The first-order valence-corrected chi connectivity index (χ1v) is 4.65. The molecule has 2 aromatic rings. The van der Waals surface area contributed by atoms with Crippen LogP contribution in [0.3, 0.4) is 0 Å². The molecule has 0 radical (unpaired) electrons. The lowest BCUT2D eigenvalue weighted by molar-refractivity contribution is 0.582. The number of fused-ring (bicyclic) bond motifs is 1. The molecule has 2 aromatic heterocycles. The molecular formula is C11H12N2O. The van der Waals surface area contributed by atoms with Crippen LogP contribution in [0.2, 0.25) is 0 Å². The van der Waals surface area contributed by atoms with Gasteiger partial charge in [0.15, 0.2) is 0 Å². The number of hydrogen-bond donors (Lipinski definition) is 0. The predicted molar refractivity (Wildman–Crippen MR) is 56.4 cm³/mol. The second kappa shape index (κ2) is 3.25. The third kappa shape index (κ3) is 1.31. The van der Waals surface area contributed by atoms with Crippen molar-refractivity contribution in [3.05, 3.63) is 41.1 Å². The van der Waals surface area contributed by atoms with Crippen molar-refractivity contribution in [3.63, 3.8) is 0 Å². The molecule has 0 N–H and O–H groups in total. The zero-order valence-corrected chi connectivity index (χ0v) is 8.27. The second-order valence-electron chi connectivity index (χ2n) is 3.58. The minimum Gasteiger partial charge on any atom is -0.312 e. The van der Waals surface area contributed by atoms with Gasteiger partial charge >= 0.3 is 0 Å². The number of nitrogens with zero attached hydrogens (tertiary/aromatic N) is 2. The third-order valence-electron chi connectivity index (χ3n) is 2.29. The Morgan fingerprint density at radius 2 is 2.14 bits per heavy atom. The maximum atomic E-state index is 11.9. The number of hydrogen-bond acceptors (Lipinski definition) is 2. The summed E-state index contributed by atoms with van der Waals surface area (Å²) in [5, 5.41) is 1.63. The van der Waals surface area contributed by atoms with E-state index < -0.39 is 0 Å². The van der Waals surface area contributed by atoms with Crippen molar-refractivity contribution in [2.24, 2.45) is 0 Å². The van der Waals surface area contributed by atoms with Crippen molar-refractivity contribution in [1.29, 1.82) is 0 Å². The van der Waals surface area contributed by atoms with E-state index in [1.54, 1.807) is 23.0 Å². The Balaban J connectivity index is 2.82. The molecule has 0 saturated carbocycles. The van der Waals surface area contributed by atoms with E-state index in [1.807, 2.05) is 26.1 Å². The van der Waals surface area contributed by atoms with Crippen LogP contribution < -0.4 is 5.56 Å². The summed E-state index contributed by atoms with van der Waals surface area (Å²) in [5.41, 5.74) is 0.0555. The van der Waals surface area contributed by atoms with E-state index in [9.17, 15) is 4.79 Å². The normalized spacial score (nSPS) is 11.1. The van der Waals surface area contributed by atoms with Gasteiger partial charge < -0.3 is 4.57 Å². The summed E-state index contributed by atoms with van der Waals surface area (Å²) < 4.78 is 1.72. The summed E-state index contributed by atoms with van der Waals surface area (Å²) in [6, 6.07) is 3.88. The average Bonchev–Trinajstić information content (AvgIpc) is 2.18. The Labute approximate surface area is 82.0 Å². The zero-order chi connectivity index (χ0) is 10.1. The largest absolute Gasteiger partial charge is 0.312 e. The molecule has 0 spiro atoms. The Bertz CT molecular complexity index is 514. The van der Waals surface area contributed by atoms with Crippen LogP contribution in [0.15, 0.2) is 35.5 Å². The van der Waals surface area contributed by atoms with Crippen LogP contribution in [0.25, 0.3) is 10.8 Å². The molecule has 0 fully saturated rings. The lowest BCUT2D eigenvalue weighted by Gasteiger charge is -2.09. The zero-order valence-electron chi connectivity index (χ0n) is 8.27. The SMILES string of the molecule is CC(C)n1ccc2cnccc2c1=O. The molecule has 0 aliphatic heterocycles. The minimum absolute atomic E-state index is 0.0555. The Kier molecular flexibility index (Phi) is 2.08. The first-order chi connectivity index (χ1) is 6.70. The summed E-state index contributed by atoms with van der Waals surface area (Å²) >= 11 is 0. The minimum atomic E-state index is 0.0555. The van der Waals surface area contributed by atoms with Gasteiger partial charge in [0.2, 0.25) is 0 Å². The molecule has 14 heavy (non-hydrogen) atoms. The van der Waals surface area contributed by atoms with Gasteiger partial charge in [-0.1, -0.05) is 0 Å². The van der Waals surface area contributed by atoms with Crippen molar-refractivity contribution in [2.45, 2.75) is 19.9 Å². The molecule has 0 bridgehead atoms. The molecular weight excluding hydrogens is 176 g/mol. The van der Waals surface area contributed by atoms with Crippen molar-refractivity contribution in [1.82, 2.24) is 9.55 Å². The van der Waals surface area contributed by atoms with Gasteiger partial charge in [0, 0.05) is 30.0 Å². The Morgan fingerprint density at radius 1 is 1.36 bits per heavy atom. The fraction of sp³-hybridized carbons (Fsp3) is 0.273. The lowest BCUT2D eigenvalue weighted by Crippen LogP contribution is -2.20. The molecule has 0 unspecified atom stereocenters. The molecule has 3 heteroatoms. The third-order valence-corrected chi connectivity index (χ3v) is 2.29. The molecule has 2 rings (SSSR count). The summed E-state index contributed by atoms with van der Waals surface area (Å²) in [4.78, 5) is 15.9. The molecule has 72 valence electrons. The van der Waals surface area contributed by atoms with Gasteiger partial charge in [-0.3, -0.25) is 9.78 Å². The van der Waals surface area contributed by atoms with Crippen LogP contribution in [0.4, 0.5) is 0 Å². The number of aromatic nitrogens is 2. The smallest absolute Gasteiger partial charge is 0.258 e. The highest BCUT2D eigenvalue weighted by atomic mass is 16.1. The highest BCUT2D eigenvalue weighted by Crippen LogP contribution is 2.08. The first kappa shape index (κ1) is 8.94. The average molecular weight is 188 g/mol. The van der Waals surface area contributed by atoms with Crippen LogP contribution in [0.1, 0.15) is 19.9 Å². The molecule has 0 aromatic carbocycles. The second-order valence-corrected chi connectivity index (χ2v) is 3.58. The van der Waals surface area contributed by atoms with E-state index in [1.165, 1.54) is 0 Å². The monoisotopic (exact) mass is 188 g/mol. The van der Waals surface area contributed by atoms with Crippen LogP contribution >= 0.6 is 0 Å². The van der Waals surface area contributed by atoms with E-state index in [0.717, 1.165) is 10.8 Å². The molecule has 0 atom stereocenters. The topological polar surface area (TPSA) is 34.9 Å². The van der Waals surface area contributed by atoms with Crippen molar-refractivity contribution in [2.75, 3.05) is 0 Å². The standard InChI is InChI=1S/C11H12N2O/c1-8(2)13-6-4-9-7-12-5-3-10(9)11(13)14/h3-8H,1-2H3. The van der Waals surface area contributed by atoms with Crippen LogP contribution in [-0.4, -0.2) is 9.55 Å². The van der Waals surface area contributed by atoms with Gasteiger partial charge in [-0.05, 0) is 26.0 Å². The summed E-state index contributed by atoms with van der Waals surface area (Å²) in [6.07, 6.45) is 5.17. The fourth-order valence-corrected chi connectivity index (χ4v) is 1.51. The highest BCUT2D eigenvalue weighted by molar-refractivity contribution is 5.80. The van der Waals surface area contributed by atoms with E-state index in [4.69, 9.17) is 0 Å². The van der Waals surface area contributed by atoms with Crippen LogP contribution in [-0.2, 0) is 0 Å². The van der Waals surface area contributed by atoms with Gasteiger partial charge in [0.05, 0.1) is 5.39 Å². The van der Waals surface area contributed by atoms with Gasteiger partial charge in [-0.15, -0.1) is 0 Å². The predicted octanol–water partition coefficient (Wildman–Crippen LogP) is 1.98. The quantitative estimate of drug-likeness (QED) is 0.685. The van der Waals surface area contributed by atoms with Gasteiger partial charge in [-0.2, -0.15) is 0 Å². The maximum absolute atomic E-state index is 11.9. The molecule has 3 nitrogen and oxygen atoms in total. The number of rotatable bonds is 1. The molecule has 0 aliphatic rings. The van der Waals surface area contributed by atoms with E-state index in [0.29, 0.717) is 0 Å². The van der Waals surface area contributed by atoms with E-state index >= 15 is 0 Å². The Morgan fingerprint density at radius 3 is 2.86 bits per heavy atom. The summed E-state index contributed by atoms with van der Waals surface area (Å²) in [5.74, 6) is 0. The molecule has 0 aliphatic carbocycles. The van der Waals surface area contributed by atoms with Crippen molar-refractivity contribution < 1.29 is 0 Å². The summed E-state index contributed by atoms with van der Waals surface area (Å²) in [6.45, 7) is 3.99. The van der Waals surface area contributed by atoms with Crippen molar-refractivity contribution in [3.8, 4) is 0 Å². The highest BCUT2D eigenvalue weighted by Gasteiger charge is 2.03. The molecule has 0 saturated heterocycles. The summed E-state index contributed by atoms with van der Waals surface area (Å²) in [7, 11) is 0. The first-order valence-electron chi connectivity index (χ1n) is 4.65. The van der Waals surface area contributed by atoms with Gasteiger partial charge in [-0.25, -0.2) is 0 Å². The van der Waals surface area contributed by atoms with Crippen LogP contribution in [0, 0.1) is 0 Å². The molecule has 0 amide bonds. The Hall–Kier alpha value is -1.64.